The summed E-state index contributed by atoms with van der Waals surface area (Å²) in [7, 11) is 0. The monoisotopic (exact) mass is 319 g/mol. The first-order valence-corrected chi connectivity index (χ1v) is 7.90. The Morgan fingerprint density at radius 1 is 1.18 bits per heavy atom. The van der Waals surface area contributed by atoms with Gasteiger partial charge in [-0.25, -0.2) is 0 Å². The number of fused-ring (bicyclic) bond motifs is 3. The second kappa shape index (κ2) is 6.31. The largest absolute Gasteiger partial charge is 0.361 e. The van der Waals surface area contributed by atoms with Crippen LogP contribution in [-0.4, -0.2) is 23.0 Å². The Balaban J connectivity index is 0.00000144. The number of hydrogen-bond acceptors (Lipinski definition) is 2. The van der Waals surface area contributed by atoms with Crippen molar-refractivity contribution < 1.29 is 4.79 Å². The maximum Gasteiger partial charge on any atom is 0.224 e. The van der Waals surface area contributed by atoms with Gasteiger partial charge >= 0.3 is 0 Å². The molecule has 2 aromatic rings. The Morgan fingerprint density at radius 3 is 2.73 bits per heavy atom. The van der Waals surface area contributed by atoms with Crippen molar-refractivity contribution in [3.05, 3.63) is 30.5 Å². The third-order valence-corrected chi connectivity index (χ3v) is 4.91. The van der Waals surface area contributed by atoms with E-state index in [1.807, 2.05) is 30.5 Å². The number of halogens is 1. The SMILES string of the molecule is Cl.O=C(CC1CC2CCC(C1)N2)Nc1cccc2[nH]ccc12. The van der Waals surface area contributed by atoms with Gasteiger partial charge in [0.05, 0.1) is 5.69 Å². The minimum Gasteiger partial charge on any atom is -0.361 e. The topological polar surface area (TPSA) is 56.9 Å². The summed E-state index contributed by atoms with van der Waals surface area (Å²) < 4.78 is 0. The Labute approximate surface area is 136 Å². The Hall–Kier alpha value is -1.52. The number of carbonyl (C=O) groups is 1. The molecule has 2 fully saturated rings. The molecule has 2 bridgehead atoms. The fourth-order valence-electron chi connectivity index (χ4n) is 4.00. The standard InChI is InChI=1S/C17H21N3O.ClH/c21-17(10-11-8-12-4-5-13(9-11)19-12)20-16-3-1-2-15-14(16)6-7-18-15;/h1-3,6-7,11-13,18-19H,4-5,8-10H2,(H,20,21);1H. The van der Waals surface area contributed by atoms with Crippen LogP contribution in [0.15, 0.2) is 30.5 Å². The lowest BCUT2D eigenvalue weighted by Gasteiger charge is -2.28. The number of nitrogens with one attached hydrogen (secondary N) is 3. The van der Waals surface area contributed by atoms with E-state index in [0.29, 0.717) is 24.4 Å². The maximum atomic E-state index is 12.3. The van der Waals surface area contributed by atoms with Crippen LogP contribution in [0, 0.1) is 5.92 Å². The van der Waals surface area contributed by atoms with Crippen molar-refractivity contribution in [2.24, 2.45) is 5.92 Å². The van der Waals surface area contributed by atoms with Crippen molar-refractivity contribution >= 4 is 34.9 Å². The van der Waals surface area contributed by atoms with Gasteiger partial charge in [-0.05, 0) is 49.8 Å². The van der Waals surface area contributed by atoms with Gasteiger partial charge in [0.25, 0.3) is 0 Å². The van der Waals surface area contributed by atoms with E-state index < -0.39 is 0 Å². The van der Waals surface area contributed by atoms with Gasteiger partial charge in [-0.3, -0.25) is 4.79 Å². The number of rotatable bonds is 3. The van der Waals surface area contributed by atoms with E-state index in [1.54, 1.807) is 0 Å². The molecule has 0 spiro atoms. The summed E-state index contributed by atoms with van der Waals surface area (Å²) in [6.07, 6.45) is 7.42. The molecular weight excluding hydrogens is 298 g/mol. The van der Waals surface area contributed by atoms with Crippen LogP contribution in [-0.2, 0) is 4.79 Å². The number of H-pyrrole nitrogens is 1. The number of hydrogen-bond donors (Lipinski definition) is 3. The quantitative estimate of drug-likeness (QED) is 0.811. The van der Waals surface area contributed by atoms with Gasteiger partial charge in [0.15, 0.2) is 0 Å². The van der Waals surface area contributed by atoms with Crippen LogP contribution in [0.5, 0.6) is 0 Å². The first-order chi connectivity index (χ1) is 10.3. The minimum atomic E-state index is 0. The third-order valence-electron chi connectivity index (χ3n) is 4.91. The summed E-state index contributed by atoms with van der Waals surface area (Å²) in [5.74, 6) is 0.684. The number of amides is 1. The zero-order chi connectivity index (χ0) is 14.2. The van der Waals surface area contributed by atoms with Crippen LogP contribution in [0.25, 0.3) is 10.9 Å². The summed E-state index contributed by atoms with van der Waals surface area (Å²) >= 11 is 0. The first kappa shape index (κ1) is 15.4. The summed E-state index contributed by atoms with van der Waals surface area (Å²) in [5.41, 5.74) is 1.98. The molecule has 2 aliphatic rings. The van der Waals surface area contributed by atoms with Gasteiger partial charge in [0, 0.05) is 35.6 Å². The van der Waals surface area contributed by atoms with Crippen LogP contribution in [0.2, 0.25) is 0 Å². The Morgan fingerprint density at radius 2 is 1.95 bits per heavy atom. The Bertz CT molecular complexity index is 657. The van der Waals surface area contributed by atoms with Crippen LogP contribution in [0.4, 0.5) is 5.69 Å². The lowest BCUT2D eigenvalue weighted by Crippen LogP contribution is -2.39. The highest BCUT2D eigenvalue weighted by molar-refractivity contribution is 6.01. The lowest BCUT2D eigenvalue weighted by atomic mass is 9.89. The van der Waals surface area contributed by atoms with E-state index >= 15 is 0 Å². The van der Waals surface area contributed by atoms with E-state index in [9.17, 15) is 4.79 Å². The number of benzene rings is 1. The van der Waals surface area contributed by atoms with Gasteiger partial charge in [0.2, 0.25) is 5.91 Å². The van der Waals surface area contributed by atoms with Gasteiger partial charge in [-0.15, -0.1) is 12.4 Å². The van der Waals surface area contributed by atoms with E-state index in [1.165, 1.54) is 12.8 Å². The normalized spacial score (nSPS) is 26.6. The number of anilines is 1. The predicted molar refractivity (Wildman–Crippen MR) is 91.5 cm³/mol. The van der Waals surface area contributed by atoms with Gasteiger partial charge in [0.1, 0.15) is 0 Å². The molecule has 3 N–H and O–H groups in total. The average Bonchev–Trinajstić information content (AvgIpc) is 3.06. The summed E-state index contributed by atoms with van der Waals surface area (Å²) in [6.45, 7) is 0. The second-order valence-electron chi connectivity index (χ2n) is 6.47. The highest BCUT2D eigenvalue weighted by atomic mass is 35.5. The smallest absolute Gasteiger partial charge is 0.224 e. The minimum absolute atomic E-state index is 0. The van der Waals surface area contributed by atoms with E-state index in [2.05, 4.69) is 15.6 Å². The fourth-order valence-corrected chi connectivity index (χ4v) is 4.00. The average molecular weight is 320 g/mol. The molecule has 1 aromatic carbocycles. The molecule has 4 rings (SSSR count). The second-order valence-corrected chi connectivity index (χ2v) is 6.47. The van der Waals surface area contributed by atoms with Crippen molar-refractivity contribution in [2.45, 2.75) is 44.2 Å². The molecular formula is C17H22ClN3O. The summed E-state index contributed by atoms with van der Waals surface area (Å²) in [6, 6.07) is 9.27. The van der Waals surface area contributed by atoms with Crippen molar-refractivity contribution in [2.75, 3.05) is 5.32 Å². The number of aromatic nitrogens is 1. The number of carbonyl (C=O) groups excluding carboxylic acids is 1. The van der Waals surface area contributed by atoms with Crippen LogP contribution >= 0.6 is 12.4 Å². The van der Waals surface area contributed by atoms with Crippen LogP contribution in [0.1, 0.15) is 32.1 Å². The van der Waals surface area contributed by atoms with Gasteiger partial charge in [-0.2, -0.15) is 0 Å². The molecule has 2 saturated heterocycles. The molecule has 0 saturated carbocycles. The van der Waals surface area contributed by atoms with Crippen molar-refractivity contribution in [3.63, 3.8) is 0 Å². The molecule has 0 aliphatic carbocycles. The first-order valence-electron chi connectivity index (χ1n) is 7.90. The third kappa shape index (κ3) is 2.99. The highest BCUT2D eigenvalue weighted by Crippen LogP contribution is 2.33. The molecule has 2 atom stereocenters. The maximum absolute atomic E-state index is 12.3. The molecule has 1 amide bonds. The molecule has 5 heteroatoms. The summed E-state index contributed by atoms with van der Waals surface area (Å²) in [4.78, 5) is 15.5. The van der Waals surface area contributed by atoms with Crippen LogP contribution in [0.3, 0.4) is 0 Å². The molecule has 4 nitrogen and oxygen atoms in total. The van der Waals surface area contributed by atoms with Gasteiger partial charge in [-0.1, -0.05) is 6.07 Å². The number of aromatic amines is 1. The lowest BCUT2D eigenvalue weighted by molar-refractivity contribution is -0.117. The molecule has 2 unspecified atom stereocenters. The molecule has 2 aliphatic heterocycles. The van der Waals surface area contributed by atoms with Crippen molar-refractivity contribution in [1.82, 2.24) is 10.3 Å². The zero-order valence-corrected chi connectivity index (χ0v) is 13.3. The van der Waals surface area contributed by atoms with E-state index in [-0.39, 0.29) is 18.3 Å². The molecule has 1 aromatic heterocycles. The van der Waals surface area contributed by atoms with E-state index in [4.69, 9.17) is 0 Å². The molecule has 0 radical (unpaired) electrons. The van der Waals surface area contributed by atoms with Crippen molar-refractivity contribution in [1.29, 1.82) is 0 Å². The van der Waals surface area contributed by atoms with Crippen molar-refractivity contribution in [3.8, 4) is 0 Å². The van der Waals surface area contributed by atoms with Gasteiger partial charge < -0.3 is 15.6 Å². The summed E-state index contributed by atoms with van der Waals surface area (Å²) in [5, 5.41) is 7.80. The fraction of sp³-hybridized carbons (Fsp3) is 0.471. The predicted octanol–water partition coefficient (Wildman–Crippen LogP) is 3.45. The molecule has 22 heavy (non-hydrogen) atoms. The molecule has 3 heterocycles. The molecule has 118 valence electrons. The van der Waals surface area contributed by atoms with Crippen LogP contribution < -0.4 is 10.6 Å². The van der Waals surface area contributed by atoms with E-state index in [0.717, 1.165) is 29.4 Å². The zero-order valence-electron chi connectivity index (χ0n) is 12.5. The number of piperidine rings is 1. The Kier molecular flexibility index (Phi) is 4.41. The highest BCUT2D eigenvalue weighted by Gasteiger charge is 2.34.